The third-order valence-corrected chi connectivity index (χ3v) is 12.6. The zero-order valence-corrected chi connectivity index (χ0v) is 34.1. The minimum Gasteiger partial charge on any atom is -0.309 e. The smallest absolute Gasteiger partial charge is 0.160 e. The fourth-order valence-electron chi connectivity index (χ4n) is 9.87. The Morgan fingerprint density at radius 3 is 1.48 bits per heavy atom. The van der Waals surface area contributed by atoms with Crippen molar-refractivity contribution in [2.24, 2.45) is 0 Å². The highest BCUT2D eigenvalue weighted by atomic mass is 15.0. The molecule has 0 aliphatic rings. The van der Waals surface area contributed by atoms with Crippen LogP contribution in [0.1, 0.15) is 0 Å². The lowest BCUT2D eigenvalue weighted by molar-refractivity contribution is 1.16. The minimum atomic E-state index is 0.705. The van der Waals surface area contributed by atoms with Crippen LogP contribution in [0, 0.1) is 0 Å². The second kappa shape index (κ2) is 14.0. The summed E-state index contributed by atoms with van der Waals surface area (Å²) in [5.41, 5.74) is 15.3. The van der Waals surface area contributed by atoms with Gasteiger partial charge in [0.1, 0.15) is 0 Å². The van der Waals surface area contributed by atoms with E-state index in [0.717, 1.165) is 56.2 Å². The second-order valence-electron chi connectivity index (χ2n) is 16.2. The van der Waals surface area contributed by atoms with E-state index in [4.69, 9.17) is 9.97 Å². The summed E-state index contributed by atoms with van der Waals surface area (Å²) in [6.45, 7) is 0. The molecule has 0 saturated carbocycles. The average Bonchev–Trinajstić information content (AvgIpc) is 4.00. The predicted octanol–water partition coefficient (Wildman–Crippen LogP) is 14.8. The number of nitrogens with zero attached hydrogens (tertiary/aromatic N) is 5. The Labute approximate surface area is 363 Å². The summed E-state index contributed by atoms with van der Waals surface area (Å²) in [6.07, 6.45) is 0. The molecule has 0 unspecified atom stereocenters. The highest BCUT2D eigenvalue weighted by molar-refractivity contribution is 6.26. The van der Waals surface area contributed by atoms with Crippen molar-refractivity contribution >= 4 is 65.4 Å². The lowest BCUT2D eigenvalue weighted by Gasteiger charge is -2.11. The zero-order chi connectivity index (χ0) is 41.4. The van der Waals surface area contributed by atoms with Crippen LogP contribution >= 0.6 is 0 Å². The number of hydrogen-bond acceptors (Lipinski definition) is 2. The molecule has 5 nitrogen and oxygen atoms in total. The highest BCUT2D eigenvalue weighted by Crippen LogP contribution is 2.44. The largest absolute Gasteiger partial charge is 0.309 e. The van der Waals surface area contributed by atoms with Gasteiger partial charge in [0, 0.05) is 66.1 Å². The molecule has 0 aliphatic heterocycles. The summed E-state index contributed by atoms with van der Waals surface area (Å²) in [5.74, 6) is 0.705. The molecule has 0 saturated heterocycles. The molecule has 0 spiro atoms. The molecule has 4 heterocycles. The summed E-state index contributed by atoms with van der Waals surface area (Å²) in [7, 11) is 0. The van der Waals surface area contributed by atoms with Crippen LogP contribution in [-0.4, -0.2) is 23.7 Å². The van der Waals surface area contributed by atoms with E-state index in [9.17, 15) is 0 Å². The maximum Gasteiger partial charge on any atom is 0.160 e. The summed E-state index contributed by atoms with van der Waals surface area (Å²) >= 11 is 0. The molecule has 0 fully saturated rings. The molecule has 13 aromatic rings. The highest BCUT2D eigenvalue weighted by Gasteiger charge is 2.23. The van der Waals surface area contributed by atoms with Crippen LogP contribution in [0.5, 0.6) is 0 Å². The van der Waals surface area contributed by atoms with Gasteiger partial charge in [-0.1, -0.05) is 146 Å². The molecule has 0 amide bonds. The van der Waals surface area contributed by atoms with Gasteiger partial charge in [0.2, 0.25) is 0 Å². The van der Waals surface area contributed by atoms with Crippen LogP contribution in [0.4, 0.5) is 0 Å². The molecular formula is C58H37N5. The first kappa shape index (κ1) is 35.2. The Bertz CT molecular complexity index is 3820. The van der Waals surface area contributed by atoms with Crippen LogP contribution in [0.15, 0.2) is 224 Å². The van der Waals surface area contributed by atoms with Crippen molar-refractivity contribution in [1.82, 2.24) is 23.7 Å². The van der Waals surface area contributed by atoms with Gasteiger partial charge in [0.05, 0.1) is 44.5 Å². The van der Waals surface area contributed by atoms with E-state index < -0.39 is 0 Å². The van der Waals surface area contributed by atoms with Gasteiger partial charge in [-0.3, -0.25) is 0 Å². The number of rotatable bonds is 6. The van der Waals surface area contributed by atoms with E-state index in [1.807, 2.05) is 24.3 Å². The number of benzene rings is 9. The summed E-state index contributed by atoms with van der Waals surface area (Å²) in [4.78, 5) is 10.3. The van der Waals surface area contributed by atoms with Crippen molar-refractivity contribution in [1.29, 1.82) is 0 Å². The van der Waals surface area contributed by atoms with E-state index >= 15 is 0 Å². The molecule has 0 aliphatic carbocycles. The maximum absolute atomic E-state index is 5.22. The maximum atomic E-state index is 5.22. The Balaban J connectivity index is 1.07. The van der Waals surface area contributed by atoms with Gasteiger partial charge in [0.15, 0.2) is 5.82 Å². The van der Waals surface area contributed by atoms with Crippen LogP contribution in [-0.2, 0) is 0 Å². The number of hydrogen-bond donors (Lipinski definition) is 0. The number of aromatic nitrogens is 5. The van der Waals surface area contributed by atoms with Gasteiger partial charge < -0.3 is 13.7 Å². The number of para-hydroxylation sites is 4. The molecule has 9 aromatic carbocycles. The molecule has 4 aromatic heterocycles. The molecule has 63 heavy (non-hydrogen) atoms. The predicted molar refractivity (Wildman–Crippen MR) is 261 cm³/mol. The normalized spacial score (nSPS) is 11.8. The van der Waals surface area contributed by atoms with Crippen LogP contribution in [0.25, 0.3) is 116 Å². The average molecular weight is 804 g/mol. The summed E-state index contributed by atoms with van der Waals surface area (Å²) in [5, 5.41) is 7.24. The lowest BCUT2D eigenvalue weighted by Crippen LogP contribution is -1.96. The van der Waals surface area contributed by atoms with Crippen molar-refractivity contribution in [2.45, 2.75) is 0 Å². The van der Waals surface area contributed by atoms with Crippen LogP contribution in [0.3, 0.4) is 0 Å². The lowest BCUT2D eigenvalue weighted by atomic mass is 10.0. The first-order valence-corrected chi connectivity index (χ1v) is 21.4. The monoisotopic (exact) mass is 803 g/mol. The van der Waals surface area contributed by atoms with Gasteiger partial charge in [-0.25, -0.2) is 9.97 Å². The van der Waals surface area contributed by atoms with Gasteiger partial charge in [-0.05, 0) is 78.9 Å². The van der Waals surface area contributed by atoms with E-state index in [-0.39, 0.29) is 0 Å². The molecule has 0 atom stereocenters. The molecule has 0 N–H and O–H groups in total. The van der Waals surface area contributed by atoms with E-state index in [1.165, 1.54) is 54.4 Å². The van der Waals surface area contributed by atoms with Crippen molar-refractivity contribution in [3.05, 3.63) is 224 Å². The molecule has 0 radical (unpaired) electrons. The summed E-state index contributed by atoms with van der Waals surface area (Å²) < 4.78 is 7.28. The van der Waals surface area contributed by atoms with E-state index in [1.54, 1.807) is 0 Å². The van der Waals surface area contributed by atoms with Gasteiger partial charge >= 0.3 is 0 Å². The second-order valence-corrected chi connectivity index (χ2v) is 16.2. The van der Waals surface area contributed by atoms with Gasteiger partial charge in [-0.15, -0.1) is 0 Å². The Morgan fingerprint density at radius 1 is 0.270 bits per heavy atom. The standard InChI is InChI=1S/C58H37N5/c1-5-17-38(18-6-1)49-37-50(60-58(59-49)39-19-7-2-8-20-39)40-29-32-54-47(35-40)45-31-34-55-56(57(45)63(54)42-23-11-4-12-24-42)46-26-14-16-28-52(46)62(55)43-30-33-53-48(36-43)44-25-13-15-27-51(44)61(53)41-21-9-3-10-22-41/h1-37H. The Hall–Kier alpha value is -8.54. The summed E-state index contributed by atoms with van der Waals surface area (Å²) in [6, 6.07) is 80.2. The SMILES string of the molecule is c1ccc(-c2cc(-c3ccc4c(c3)c3ccc5c(c6ccccc6n5-c5ccc6c(c5)c5ccccc5n6-c5ccccc5)c3n4-c3ccccc3)nc(-c3ccccc3)n2)cc1. The Morgan fingerprint density at radius 2 is 0.762 bits per heavy atom. The van der Waals surface area contributed by atoms with Crippen LogP contribution in [0.2, 0.25) is 0 Å². The van der Waals surface area contributed by atoms with Gasteiger partial charge in [0.25, 0.3) is 0 Å². The molecule has 5 heteroatoms. The quantitative estimate of drug-likeness (QED) is 0.168. The first-order chi connectivity index (χ1) is 31.3. The third kappa shape index (κ3) is 5.50. The molecular weight excluding hydrogens is 767 g/mol. The fourth-order valence-corrected chi connectivity index (χ4v) is 9.87. The minimum absolute atomic E-state index is 0.705. The molecule has 0 bridgehead atoms. The first-order valence-electron chi connectivity index (χ1n) is 21.4. The number of fused-ring (bicyclic) bond motifs is 10. The topological polar surface area (TPSA) is 40.6 Å². The van der Waals surface area contributed by atoms with Crippen molar-refractivity contribution in [3.8, 4) is 51.0 Å². The Kier molecular flexibility index (Phi) is 7.84. The van der Waals surface area contributed by atoms with E-state index in [0.29, 0.717) is 5.82 Å². The molecule has 13 rings (SSSR count). The fraction of sp³-hybridized carbons (Fsp3) is 0. The van der Waals surface area contributed by atoms with Crippen LogP contribution < -0.4 is 0 Å². The third-order valence-electron chi connectivity index (χ3n) is 12.6. The van der Waals surface area contributed by atoms with Crippen molar-refractivity contribution in [3.63, 3.8) is 0 Å². The van der Waals surface area contributed by atoms with Gasteiger partial charge in [-0.2, -0.15) is 0 Å². The van der Waals surface area contributed by atoms with E-state index in [2.05, 4.69) is 214 Å². The molecule has 294 valence electrons. The zero-order valence-electron chi connectivity index (χ0n) is 34.1. The van der Waals surface area contributed by atoms with Crippen molar-refractivity contribution in [2.75, 3.05) is 0 Å². The van der Waals surface area contributed by atoms with Crippen molar-refractivity contribution < 1.29 is 0 Å².